The van der Waals surface area contributed by atoms with E-state index < -0.39 is 11.5 Å². The Bertz CT molecular complexity index is 1450. The van der Waals surface area contributed by atoms with Crippen molar-refractivity contribution in [3.63, 3.8) is 0 Å². The summed E-state index contributed by atoms with van der Waals surface area (Å²) in [5.74, 6) is -0.0132. The number of fused-ring (bicyclic) bond motifs is 1. The molecule has 0 spiro atoms. The number of nitrogens with zero attached hydrogens (tertiary/aromatic N) is 4. The molecule has 34 heavy (non-hydrogen) atoms. The fourth-order valence-corrected chi connectivity index (χ4v) is 4.17. The van der Waals surface area contributed by atoms with E-state index in [9.17, 15) is 4.79 Å². The summed E-state index contributed by atoms with van der Waals surface area (Å²) in [6.45, 7) is 1.94. The molecule has 8 nitrogen and oxygen atoms in total. The van der Waals surface area contributed by atoms with Crippen LogP contribution in [0.1, 0.15) is 17.0 Å². The summed E-state index contributed by atoms with van der Waals surface area (Å²) in [5, 5.41) is 12.3. The molecule has 2 N–H and O–H groups in total. The number of H-pyrrole nitrogens is 1. The number of nitrogens with one attached hydrogen (secondary N) is 2. The van der Waals surface area contributed by atoms with Crippen LogP contribution < -0.4 is 5.32 Å². The van der Waals surface area contributed by atoms with Gasteiger partial charge in [0.05, 0.1) is 23.6 Å². The molecule has 0 saturated carbocycles. The molecule has 1 atom stereocenters. The van der Waals surface area contributed by atoms with Gasteiger partial charge in [-0.2, -0.15) is 10.2 Å². The molecule has 8 heteroatoms. The molecule has 0 saturated heterocycles. The van der Waals surface area contributed by atoms with Crippen molar-refractivity contribution in [2.45, 2.75) is 12.5 Å². The Morgan fingerprint density at radius 3 is 2.56 bits per heavy atom. The minimum absolute atomic E-state index is 0.379. The van der Waals surface area contributed by atoms with Gasteiger partial charge < -0.3 is 15.0 Å². The second-order valence-electron chi connectivity index (χ2n) is 7.78. The Labute approximate surface area is 196 Å². The predicted molar refractivity (Wildman–Crippen MR) is 129 cm³/mol. The summed E-state index contributed by atoms with van der Waals surface area (Å²) in [7, 11) is 1.49. The number of imidazole rings is 1. The number of aromatic amines is 1. The zero-order valence-electron chi connectivity index (χ0n) is 18.7. The Morgan fingerprint density at radius 1 is 1.00 bits per heavy atom. The molecule has 3 heterocycles. The Morgan fingerprint density at radius 2 is 1.79 bits per heavy atom. The van der Waals surface area contributed by atoms with Crippen LogP contribution in [-0.2, 0) is 15.1 Å². The molecule has 3 aromatic heterocycles. The van der Waals surface area contributed by atoms with E-state index in [1.54, 1.807) is 31.0 Å². The van der Waals surface area contributed by atoms with Crippen LogP contribution in [0, 0.1) is 6.92 Å². The number of carbonyl (C=O) groups is 1. The van der Waals surface area contributed by atoms with Crippen molar-refractivity contribution in [3.05, 3.63) is 103 Å². The van der Waals surface area contributed by atoms with E-state index in [2.05, 4.69) is 30.5 Å². The molecule has 1 amide bonds. The first-order chi connectivity index (χ1) is 16.6. The van der Waals surface area contributed by atoms with Crippen molar-refractivity contribution in [1.82, 2.24) is 25.1 Å². The van der Waals surface area contributed by atoms with E-state index in [1.807, 2.05) is 61.5 Å². The van der Waals surface area contributed by atoms with Gasteiger partial charge in [0, 0.05) is 47.8 Å². The highest BCUT2D eigenvalue weighted by atomic mass is 16.5. The highest BCUT2D eigenvalue weighted by Crippen LogP contribution is 2.35. The van der Waals surface area contributed by atoms with Crippen molar-refractivity contribution in [2.75, 3.05) is 12.4 Å². The van der Waals surface area contributed by atoms with Crippen molar-refractivity contribution in [2.24, 2.45) is 0 Å². The van der Waals surface area contributed by atoms with Crippen LogP contribution in [0.5, 0.6) is 0 Å². The predicted octanol–water partition coefficient (Wildman–Crippen LogP) is 4.25. The number of hydrogen-bond acceptors (Lipinski definition) is 6. The molecule has 168 valence electrons. The number of pyridine rings is 1. The first-order valence-corrected chi connectivity index (χ1v) is 10.7. The fourth-order valence-electron chi connectivity index (χ4n) is 4.17. The number of ether oxygens (including phenoxy) is 1. The normalized spacial score (nSPS) is 12.9. The average Bonchev–Trinajstić information content (AvgIpc) is 3.42. The smallest absolute Gasteiger partial charge is 0.269 e. The Hall–Kier alpha value is -4.43. The number of rotatable bonds is 6. The number of hydrogen-bond donors (Lipinski definition) is 2. The molecular weight excluding hydrogens is 428 g/mol. The number of aromatic nitrogens is 5. The van der Waals surface area contributed by atoms with Crippen LogP contribution in [0.25, 0.3) is 22.0 Å². The maximum Gasteiger partial charge on any atom is 0.269 e. The first-order valence-electron chi connectivity index (χ1n) is 10.7. The van der Waals surface area contributed by atoms with E-state index in [0.717, 1.165) is 27.6 Å². The molecular formula is C26H22N6O2. The van der Waals surface area contributed by atoms with Crippen LogP contribution in [0.3, 0.4) is 0 Å². The lowest BCUT2D eigenvalue weighted by molar-refractivity contribution is -0.134. The molecule has 0 bridgehead atoms. The third kappa shape index (κ3) is 3.50. The molecule has 0 aliphatic carbocycles. The van der Waals surface area contributed by atoms with Gasteiger partial charge in [-0.15, -0.1) is 0 Å². The van der Waals surface area contributed by atoms with Gasteiger partial charge in [-0.25, -0.2) is 4.98 Å². The van der Waals surface area contributed by atoms with E-state index in [1.165, 1.54) is 7.11 Å². The highest BCUT2D eigenvalue weighted by molar-refractivity contribution is 6.02. The van der Waals surface area contributed by atoms with Crippen LogP contribution in [0.15, 0.2) is 85.6 Å². The largest absolute Gasteiger partial charge is 0.357 e. The molecule has 0 fully saturated rings. The van der Waals surface area contributed by atoms with Crippen LogP contribution in [-0.4, -0.2) is 38.2 Å². The second kappa shape index (κ2) is 8.84. The fraction of sp³-hybridized carbons (Fsp3) is 0.115. The van der Waals surface area contributed by atoms with Crippen molar-refractivity contribution < 1.29 is 9.53 Å². The molecule has 0 aliphatic rings. The molecule has 2 aromatic carbocycles. The summed E-state index contributed by atoms with van der Waals surface area (Å²) < 4.78 is 5.87. The number of benzene rings is 2. The van der Waals surface area contributed by atoms with Crippen molar-refractivity contribution in [1.29, 1.82) is 0 Å². The number of amides is 1. The molecule has 0 radical (unpaired) electrons. The Balaban J connectivity index is 1.59. The molecule has 0 aliphatic heterocycles. The topological polar surface area (TPSA) is 106 Å². The summed E-state index contributed by atoms with van der Waals surface area (Å²) in [6.07, 6.45) is 8.36. The lowest BCUT2D eigenvalue weighted by Gasteiger charge is -2.30. The van der Waals surface area contributed by atoms with E-state index in [-0.39, 0.29) is 0 Å². The number of anilines is 1. The number of methoxy groups -OCH3 is 1. The van der Waals surface area contributed by atoms with Gasteiger partial charge in [-0.3, -0.25) is 9.78 Å². The minimum Gasteiger partial charge on any atom is -0.357 e. The van der Waals surface area contributed by atoms with Gasteiger partial charge in [-0.05, 0) is 18.6 Å². The van der Waals surface area contributed by atoms with Crippen LogP contribution in [0.4, 0.5) is 5.69 Å². The third-order valence-electron chi connectivity index (χ3n) is 5.94. The van der Waals surface area contributed by atoms with Gasteiger partial charge in [0.15, 0.2) is 5.82 Å². The van der Waals surface area contributed by atoms with Gasteiger partial charge in [0.1, 0.15) is 0 Å². The van der Waals surface area contributed by atoms with Gasteiger partial charge >= 0.3 is 0 Å². The SMILES string of the molecule is CO[C@](C(=O)Nc1cncc(-c2cnnc3ccccc23)c1C)(c1ccccc1)c1ncc[nH]1. The molecule has 5 aromatic rings. The summed E-state index contributed by atoms with van der Waals surface area (Å²) >= 11 is 0. The summed E-state index contributed by atoms with van der Waals surface area (Å²) in [6, 6.07) is 17.0. The van der Waals surface area contributed by atoms with Gasteiger partial charge in [0.2, 0.25) is 5.60 Å². The lowest BCUT2D eigenvalue weighted by atomic mass is 9.91. The van der Waals surface area contributed by atoms with Crippen molar-refractivity contribution >= 4 is 22.5 Å². The van der Waals surface area contributed by atoms with Gasteiger partial charge in [0.25, 0.3) is 5.91 Å². The molecule has 0 unspecified atom stereocenters. The monoisotopic (exact) mass is 450 g/mol. The van der Waals surface area contributed by atoms with E-state index in [4.69, 9.17) is 4.74 Å². The average molecular weight is 451 g/mol. The third-order valence-corrected chi connectivity index (χ3v) is 5.94. The summed E-state index contributed by atoms with van der Waals surface area (Å²) in [5.41, 5.74) is 3.11. The zero-order valence-corrected chi connectivity index (χ0v) is 18.7. The highest BCUT2D eigenvalue weighted by Gasteiger charge is 2.45. The summed E-state index contributed by atoms with van der Waals surface area (Å²) in [4.78, 5) is 25.6. The first kappa shape index (κ1) is 21.4. The molecule has 5 rings (SSSR count). The van der Waals surface area contributed by atoms with Crippen LogP contribution >= 0.6 is 0 Å². The zero-order chi connectivity index (χ0) is 23.5. The number of carbonyl (C=O) groups excluding carboxylic acids is 1. The minimum atomic E-state index is -1.47. The maximum absolute atomic E-state index is 13.8. The second-order valence-corrected chi connectivity index (χ2v) is 7.78. The van der Waals surface area contributed by atoms with Gasteiger partial charge in [-0.1, -0.05) is 48.5 Å². The van der Waals surface area contributed by atoms with Crippen LogP contribution in [0.2, 0.25) is 0 Å². The quantitative estimate of drug-likeness (QED) is 0.401. The van der Waals surface area contributed by atoms with Crippen molar-refractivity contribution in [3.8, 4) is 11.1 Å². The van der Waals surface area contributed by atoms with E-state index >= 15 is 0 Å². The van der Waals surface area contributed by atoms with E-state index in [0.29, 0.717) is 17.1 Å². The lowest BCUT2D eigenvalue weighted by Crippen LogP contribution is -2.44. The standard InChI is InChI=1S/C26H22N6O2/c1-17-20(21-15-30-32-22-11-7-6-10-19(21)22)14-27-16-23(17)31-25(33)26(34-2,24-28-12-13-29-24)18-8-4-3-5-9-18/h3-16H,1-2H3,(H,28,29)(H,31,33)/t26-/m1/s1. The Kier molecular flexibility index (Phi) is 5.57. The maximum atomic E-state index is 13.8.